The van der Waals surface area contributed by atoms with Gasteiger partial charge in [0.2, 0.25) is 5.82 Å². The second kappa shape index (κ2) is 9.62. The molecule has 8 nitrogen and oxygen atoms in total. The number of aryl methyl sites for hydroxylation is 3. The van der Waals surface area contributed by atoms with Crippen LogP contribution in [-0.4, -0.2) is 28.1 Å². The molecule has 0 saturated heterocycles. The molecule has 0 unspecified atom stereocenters. The van der Waals surface area contributed by atoms with Gasteiger partial charge in [-0.3, -0.25) is 4.72 Å². The number of hydrogen-bond acceptors (Lipinski definition) is 6. The van der Waals surface area contributed by atoms with E-state index in [4.69, 9.17) is 4.52 Å². The molecule has 2 heterocycles. The second-order valence-corrected chi connectivity index (χ2v) is 10.5. The molecule has 10 heteroatoms. The SMILES string of the molecule is Cc1cc(C)c(S(=O)(=O)Nc2ccc(Cn3cnc(-c4nc(-c5cccc(F)c5)no4)c3)cc2)c(C)c1. The van der Waals surface area contributed by atoms with Crippen molar-refractivity contribution in [2.24, 2.45) is 0 Å². The minimum Gasteiger partial charge on any atom is -0.332 e. The van der Waals surface area contributed by atoms with E-state index in [0.717, 1.165) is 11.1 Å². The van der Waals surface area contributed by atoms with Crippen molar-refractivity contribution in [1.29, 1.82) is 0 Å². The molecular formula is C27H24FN5O3S. The van der Waals surface area contributed by atoms with Crippen LogP contribution < -0.4 is 4.72 Å². The second-order valence-electron chi connectivity index (χ2n) is 8.89. The maximum atomic E-state index is 13.5. The Morgan fingerprint density at radius 3 is 2.43 bits per heavy atom. The molecular weight excluding hydrogens is 493 g/mol. The van der Waals surface area contributed by atoms with Gasteiger partial charge in [-0.25, -0.2) is 17.8 Å². The lowest BCUT2D eigenvalue weighted by molar-refractivity contribution is 0.431. The number of imidazole rings is 1. The number of rotatable bonds is 7. The van der Waals surface area contributed by atoms with Crippen molar-refractivity contribution in [2.45, 2.75) is 32.2 Å². The van der Waals surface area contributed by atoms with Crippen LogP contribution in [0.25, 0.3) is 23.0 Å². The van der Waals surface area contributed by atoms with Gasteiger partial charge in [0, 0.05) is 24.0 Å². The quantitative estimate of drug-likeness (QED) is 0.305. The summed E-state index contributed by atoms with van der Waals surface area (Å²) in [6.45, 7) is 6.04. The first-order valence-corrected chi connectivity index (χ1v) is 13.0. The first-order valence-electron chi connectivity index (χ1n) is 11.5. The molecule has 188 valence electrons. The van der Waals surface area contributed by atoms with E-state index in [2.05, 4.69) is 19.8 Å². The minimum atomic E-state index is -3.72. The predicted molar refractivity (Wildman–Crippen MR) is 138 cm³/mol. The number of halogens is 1. The summed E-state index contributed by atoms with van der Waals surface area (Å²) in [5.74, 6) is 0.120. The Kier molecular flexibility index (Phi) is 6.34. The Morgan fingerprint density at radius 2 is 1.73 bits per heavy atom. The van der Waals surface area contributed by atoms with Crippen molar-refractivity contribution in [3.05, 3.63) is 101 Å². The number of hydrogen-bond donors (Lipinski definition) is 1. The summed E-state index contributed by atoms with van der Waals surface area (Å²) in [6, 6.07) is 16.8. The molecule has 0 radical (unpaired) electrons. The number of benzene rings is 3. The number of anilines is 1. The van der Waals surface area contributed by atoms with Gasteiger partial charge in [0.1, 0.15) is 11.5 Å². The average molecular weight is 518 g/mol. The molecule has 0 saturated carbocycles. The summed E-state index contributed by atoms with van der Waals surface area (Å²) in [5, 5.41) is 3.91. The first kappa shape index (κ1) is 24.4. The van der Waals surface area contributed by atoms with E-state index in [9.17, 15) is 12.8 Å². The minimum absolute atomic E-state index is 0.226. The molecule has 5 rings (SSSR count). The van der Waals surface area contributed by atoms with Crippen LogP contribution in [0.2, 0.25) is 0 Å². The molecule has 3 aromatic carbocycles. The first-order chi connectivity index (χ1) is 17.7. The normalized spacial score (nSPS) is 11.6. The van der Waals surface area contributed by atoms with Gasteiger partial charge in [-0.1, -0.05) is 47.1 Å². The zero-order valence-electron chi connectivity index (χ0n) is 20.4. The van der Waals surface area contributed by atoms with Gasteiger partial charge in [0.05, 0.1) is 11.2 Å². The van der Waals surface area contributed by atoms with Gasteiger partial charge < -0.3 is 9.09 Å². The van der Waals surface area contributed by atoms with Gasteiger partial charge in [-0.2, -0.15) is 4.98 Å². The number of aromatic nitrogens is 4. The van der Waals surface area contributed by atoms with E-state index < -0.39 is 10.0 Å². The van der Waals surface area contributed by atoms with Crippen LogP contribution in [0, 0.1) is 26.6 Å². The summed E-state index contributed by atoms with van der Waals surface area (Å²) in [6.07, 6.45) is 3.41. The smallest absolute Gasteiger partial charge is 0.278 e. The van der Waals surface area contributed by atoms with Crippen LogP contribution in [0.3, 0.4) is 0 Å². The Morgan fingerprint density at radius 1 is 1.00 bits per heavy atom. The molecule has 0 aliphatic rings. The van der Waals surface area contributed by atoms with Crippen molar-refractivity contribution < 1.29 is 17.3 Å². The third-order valence-electron chi connectivity index (χ3n) is 5.81. The van der Waals surface area contributed by atoms with Crippen molar-refractivity contribution in [2.75, 3.05) is 4.72 Å². The van der Waals surface area contributed by atoms with Gasteiger partial charge in [-0.05, 0) is 61.7 Å². The number of nitrogens with zero attached hydrogens (tertiary/aromatic N) is 4. The van der Waals surface area contributed by atoms with Gasteiger partial charge in [0.15, 0.2) is 0 Å². The van der Waals surface area contributed by atoms with Crippen LogP contribution in [0.5, 0.6) is 0 Å². The fourth-order valence-corrected chi connectivity index (χ4v) is 5.83. The van der Waals surface area contributed by atoms with E-state index in [1.165, 1.54) is 12.1 Å². The molecule has 0 aliphatic carbocycles. The molecule has 1 N–H and O–H groups in total. The number of nitrogens with one attached hydrogen (secondary N) is 1. The van der Waals surface area contributed by atoms with Gasteiger partial charge >= 0.3 is 0 Å². The van der Waals surface area contributed by atoms with Crippen molar-refractivity contribution in [3.8, 4) is 23.0 Å². The highest BCUT2D eigenvalue weighted by atomic mass is 32.2. The summed E-state index contributed by atoms with van der Waals surface area (Å²) in [7, 11) is -3.72. The lowest BCUT2D eigenvalue weighted by Crippen LogP contribution is -2.16. The summed E-state index contributed by atoms with van der Waals surface area (Å²) >= 11 is 0. The van der Waals surface area contributed by atoms with Crippen molar-refractivity contribution in [1.82, 2.24) is 19.7 Å². The molecule has 0 fully saturated rings. The maximum Gasteiger partial charge on any atom is 0.278 e. The largest absolute Gasteiger partial charge is 0.332 e. The van der Waals surface area contributed by atoms with Crippen molar-refractivity contribution in [3.63, 3.8) is 0 Å². The molecule has 0 atom stereocenters. The monoisotopic (exact) mass is 517 g/mol. The summed E-state index contributed by atoms with van der Waals surface area (Å²) in [5.41, 5.74) is 4.86. The molecule has 37 heavy (non-hydrogen) atoms. The van der Waals surface area contributed by atoms with Crippen LogP contribution in [-0.2, 0) is 16.6 Å². The fourth-order valence-electron chi connectivity index (χ4n) is 4.32. The van der Waals surface area contributed by atoms with E-state index in [-0.39, 0.29) is 17.5 Å². The topological polar surface area (TPSA) is 103 Å². The van der Waals surface area contributed by atoms with E-state index in [0.29, 0.717) is 39.5 Å². The number of sulfonamides is 1. The third kappa shape index (κ3) is 5.29. The lowest BCUT2D eigenvalue weighted by atomic mass is 10.1. The Balaban J connectivity index is 1.28. The fraction of sp³-hybridized carbons (Fsp3) is 0.148. The zero-order chi connectivity index (χ0) is 26.2. The zero-order valence-corrected chi connectivity index (χ0v) is 21.3. The molecule has 0 spiro atoms. The molecule has 2 aromatic heterocycles. The summed E-state index contributed by atoms with van der Waals surface area (Å²) < 4.78 is 49.3. The third-order valence-corrected chi connectivity index (χ3v) is 7.49. The van der Waals surface area contributed by atoms with Crippen LogP contribution in [0.15, 0.2) is 82.6 Å². The van der Waals surface area contributed by atoms with Gasteiger partial charge in [-0.15, -0.1) is 0 Å². The Hall–Kier alpha value is -4.31. The average Bonchev–Trinajstić information content (AvgIpc) is 3.49. The van der Waals surface area contributed by atoms with E-state index >= 15 is 0 Å². The standard InChI is InChI=1S/C27H24FN5O3S/c1-17-11-18(2)25(19(3)12-17)37(34,35)32-23-9-7-20(8-10-23)14-33-15-24(29-16-33)27-30-26(31-36-27)21-5-4-6-22(28)13-21/h4-13,15-16,32H,14H2,1-3H3. The van der Waals surface area contributed by atoms with Crippen LogP contribution in [0.1, 0.15) is 22.3 Å². The van der Waals surface area contributed by atoms with Crippen molar-refractivity contribution >= 4 is 15.7 Å². The highest BCUT2D eigenvalue weighted by molar-refractivity contribution is 7.92. The van der Waals surface area contributed by atoms with Crippen LogP contribution in [0.4, 0.5) is 10.1 Å². The van der Waals surface area contributed by atoms with E-state index in [1.54, 1.807) is 50.6 Å². The molecule has 0 aliphatic heterocycles. The maximum absolute atomic E-state index is 13.5. The lowest BCUT2D eigenvalue weighted by Gasteiger charge is -2.14. The highest BCUT2D eigenvalue weighted by Crippen LogP contribution is 2.25. The Labute approximate surface area is 213 Å². The predicted octanol–water partition coefficient (Wildman–Crippen LogP) is 5.51. The van der Waals surface area contributed by atoms with Gasteiger partial charge in [0.25, 0.3) is 15.9 Å². The molecule has 0 amide bonds. The molecule has 5 aromatic rings. The van der Waals surface area contributed by atoms with E-state index in [1.807, 2.05) is 35.8 Å². The summed E-state index contributed by atoms with van der Waals surface area (Å²) in [4.78, 5) is 8.95. The Bertz CT molecular complexity index is 1670. The molecule has 0 bridgehead atoms. The van der Waals surface area contributed by atoms with Crippen LogP contribution >= 0.6 is 0 Å². The highest BCUT2D eigenvalue weighted by Gasteiger charge is 2.20.